The lowest BCUT2D eigenvalue weighted by Crippen LogP contribution is -2.39. The zero-order chi connectivity index (χ0) is 20.1. The molecule has 6 nitrogen and oxygen atoms in total. The van der Waals surface area contributed by atoms with Crippen LogP contribution in [0.1, 0.15) is 29.2 Å². The molecule has 1 unspecified atom stereocenters. The highest BCUT2D eigenvalue weighted by Crippen LogP contribution is 2.34. The summed E-state index contributed by atoms with van der Waals surface area (Å²) >= 11 is 0. The Kier molecular flexibility index (Phi) is 5.37. The molecular formula is C22H19NO5. The summed E-state index contributed by atoms with van der Waals surface area (Å²) in [5.41, 5.74) is 0.688. The van der Waals surface area contributed by atoms with E-state index in [0.29, 0.717) is 11.3 Å². The molecule has 1 atom stereocenters. The minimum absolute atomic E-state index is 0.139. The summed E-state index contributed by atoms with van der Waals surface area (Å²) in [6, 6.07) is 15.6. The third-order valence-corrected chi connectivity index (χ3v) is 4.44. The molecule has 0 amide bonds. The Hall–Kier alpha value is -3.72. The molecule has 1 aromatic heterocycles. The van der Waals surface area contributed by atoms with Crippen molar-refractivity contribution < 1.29 is 23.8 Å². The van der Waals surface area contributed by atoms with Crippen molar-refractivity contribution in [2.75, 3.05) is 0 Å². The zero-order valence-electron chi connectivity index (χ0n) is 15.5. The molecule has 28 heavy (non-hydrogen) atoms. The summed E-state index contributed by atoms with van der Waals surface area (Å²) in [5.74, 6) is -0.566. The van der Waals surface area contributed by atoms with Gasteiger partial charge in [-0.3, -0.25) is 0 Å². The number of furan rings is 1. The van der Waals surface area contributed by atoms with E-state index < -0.39 is 11.6 Å². The first-order valence-electron chi connectivity index (χ1n) is 8.60. The quantitative estimate of drug-likeness (QED) is 0.655. The Morgan fingerprint density at radius 2 is 2.04 bits per heavy atom. The minimum Gasteiger partial charge on any atom is -0.489 e. The Balaban J connectivity index is 1.94. The molecule has 0 aliphatic carbocycles. The minimum atomic E-state index is -1.67. The number of aryl methyl sites for hydroxylation is 1. The number of carbonyl (C=O) groups is 1. The van der Waals surface area contributed by atoms with E-state index in [0.717, 1.165) is 11.1 Å². The van der Waals surface area contributed by atoms with E-state index in [4.69, 9.17) is 13.9 Å². The van der Waals surface area contributed by atoms with Gasteiger partial charge < -0.3 is 19.0 Å². The van der Waals surface area contributed by atoms with Crippen LogP contribution in [0.3, 0.4) is 0 Å². The highest BCUT2D eigenvalue weighted by atomic mass is 16.5. The smallest absolute Gasteiger partial charge is 0.352 e. The number of carboxylic acids is 1. The maximum atomic E-state index is 12.1. The van der Waals surface area contributed by atoms with Crippen LogP contribution in [0.4, 0.5) is 0 Å². The SMILES string of the molecule is Cc1ccccc1C(C)(Oc1cc(OCc2ccoc2)ccc1C#N)C(=O)O. The summed E-state index contributed by atoms with van der Waals surface area (Å²) in [4.78, 5) is 12.1. The number of rotatable bonds is 7. The van der Waals surface area contributed by atoms with Gasteiger partial charge >= 0.3 is 5.97 Å². The van der Waals surface area contributed by atoms with Crippen LogP contribution in [-0.4, -0.2) is 11.1 Å². The van der Waals surface area contributed by atoms with Gasteiger partial charge in [-0.2, -0.15) is 5.26 Å². The third-order valence-electron chi connectivity index (χ3n) is 4.44. The van der Waals surface area contributed by atoms with Crippen LogP contribution in [0.5, 0.6) is 11.5 Å². The standard InChI is InChI=1S/C22H19NO5/c1-15-5-3-4-6-19(15)22(2,21(24)25)28-20-11-18(8-7-17(20)12-23)27-14-16-9-10-26-13-16/h3-11,13H,14H2,1-2H3,(H,24,25). The molecule has 0 aliphatic heterocycles. The van der Waals surface area contributed by atoms with E-state index >= 15 is 0 Å². The molecule has 0 bridgehead atoms. The maximum Gasteiger partial charge on any atom is 0.352 e. The van der Waals surface area contributed by atoms with E-state index in [-0.39, 0.29) is 17.9 Å². The molecule has 0 radical (unpaired) electrons. The highest BCUT2D eigenvalue weighted by molar-refractivity contribution is 5.80. The molecule has 0 fully saturated rings. The fraction of sp³-hybridized carbons (Fsp3) is 0.182. The van der Waals surface area contributed by atoms with Gasteiger partial charge in [-0.25, -0.2) is 4.79 Å². The number of nitriles is 1. The van der Waals surface area contributed by atoms with Gasteiger partial charge in [0.2, 0.25) is 5.60 Å². The number of benzene rings is 2. The lowest BCUT2D eigenvalue weighted by Gasteiger charge is -2.28. The fourth-order valence-electron chi connectivity index (χ4n) is 2.85. The van der Waals surface area contributed by atoms with Gasteiger partial charge in [-0.1, -0.05) is 24.3 Å². The average molecular weight is 377 g/mol. The van der Waals surface area contributed by atoms with E-state index in [1.165, 1.54) is 13.0 Å². The Bertz CT molecular complexity index is 1020. The van der Waals surface area contributed by atoms with E-state index in [1.54, 1.807) is 42.9 Å². The topological polar surface area (TPSA) is 92.7 Å². The van der Waals surface area contributed by atoms with Crippen LogP contribution in [0, 0.1) is 18.3 Å². The van der Waals surface area contributed by atoms with Crippen molar-refractivity contribution >= 4 is 5.97 Å². The van der Waals surface area contributed by atoms with Crippen LogP contribution >= 0.6 is 0 Å². The predicted molar refractivity (Wildman–Crippen MR) is 101 cm³/mol. The summed E-state index contributed by atoms with van der Waals surface area (Å²) in [6.45, 7) is 3.56. The van der Waals surface area contributed by atoms with Crippen LogP contribution in [0.15, 0.2) is 65.5 Å². The molecule has 2 aromatic carbocycles. The van der Waals surface area contributed by atoms with Gasteiger partial charge in [0.1, 0.15) is 24.2 Å². The van der Waals surface area contributed by atoms with Crippen molar-refractivity contribution in [3.05, 3.63) is 83.3 Å². The molecule has 1 N–H and O–H groups in total. The van der Waals surface area contributed by atoms with Gasteiger partial charge in [-0.15, -0.1) is 0 Å². The van der Waals surface area contributed by atoms with Crippen LogP contribution in [-0.2, 0) is 17.0 Å². The van der Waals surface area contributed by atoms with Crippen molar-refractivity contribution in [1.82, 2.24) is 0 Å². The molecule has 0 saturated carbocycles. The van der Waals surface area contributed by atoms with E-state index in [1.807, 2.05) is 25.1 Å². The molecule has 3 rings (SSSR count). The maximum absolute atomic E-state index is 12.1. The number of ether oxygens (including phenoxy) is 2. The van der Waals surface area contributed by atoms with Crippen molar-refractivity contribution in [2.45, 2.75) is 26.1 Å². The van der Waals surface area contributed by atoms with Crippen molar-refractivity contribution in [1.29, 1.82) is 5.26 Å². The first-order valence-corrected chi connectivity index (χ1v) is 8.60. The van der Waals surface area contributed by atoms with Crippen molar-refractivity contribution in [3.8, 4) is 17.6 Å². The molecule has 0 spiro atoms. The molecular weight excluding hydrogens is 358 g/mol. The number of nitrogens with zero attached hydrogens (tertiary/aromatic N) is 1. The normalized spacial score (nSPS) is 12.6. The van der Waals surface area contributed by atoms with Crippen LogP contribution in [0.25, 0.3) is 0 Å². The molecule has 0 saturated heterocycles. The molecule has 0 aliphatic rings. The fourth-order valence-corrected chi connectivity index (χ4v) is 2.85. The second-order valence-corrected chi connectivity index (χ2v) is 6.45. The number of carboxylic acid groups (broad SMARTS) is 1. The summed E-state index contributed by atoms with van der Waals surface area (Å²) in [5, 5.41) is 19.3. The highest BCUT2D eigenvalue weighted by Gasteiger charge is 2.39. The molecule has 142 valence electrons. The Morgan fingerprint density at radius 3 is 2.68 bits per heavy atom. The Labute approximate surface area is 162 Å². The number of hydrogen-bond acceptors (Lipinski definition) is 5. The number of hydrogen-bond donors (Lipinski definition) is 1. The Morgan fingerprint density at radius 1 is 1.25 bits per heavy atom. The third kappa shape index (κ3) is 3.84. The van der Waals surface area contributed by atoms with Gasteiger partial charge in [0, 0.05) is 17.2 Å². The average Bonchev–Trinajstić information content (AvgIpc) is 3.20. The first-order chi connectivity index (χ1) is 13.4. The van der Waals surface area contributed by atoms with Crippen LogP contribution in [0.2, 0.25) is 0 Å². The molecule has 1 heterocycles. The lowest BCUT2D eigenvalue weighted by molar-refractivity contribution is -0.154. The monoisotopic (exact) mass is 377 g/mol. The van der Waals surface area contributed by atoms with E-state index in [2.05, 4.69) is 0 Å². The lowest BCUT2D eigenvalue weighted by atomic mass is 9.91. The summed E-state index contributed by atoms with van der Waals surface area (Å²) < 4.78 is 16.6. The van der Waals surface area contributed by atoms with E-state index in [9.17, 15) is 15.2 Å². The first kappa shape index (κ1) is 19.1. The molecule has 3 aromatic rings. The zero-order valence-corrected chi connectivity index (χ0v) is 15.5. The van der Waals surface area contributed by atoms with Gasteiger partial charge in [0.15, 0.2) is 0 Å². The van der Waals surface area contributed by atoms with Crippen molar-refractivity contribution in [2.24, 2.45) is 0 Å². The largest absolute Gasteiger partial charge is 0.489 e. The summed E-state index contributed by atoms with van der Waals surface area (Å²) in [6.07, 6.45) is 3.12. The predicted octanol–water partition coefficient (Wildman–Crippen LogP) is 4.42. The summed E-state index contributed by atoms with van der Waals surface area (Å²) in [7, 11) is 0. The van der Waals surface area contributed by atoms with Crippen molar-refractivity contribution in [3.63, 3.8) is 0 Å². The second kappa shape index (κ2) is 7.89. The van der Waals surface area contributed by atoms with Gasteiger partial charge in [-0.05, 0) is 37.6 Å². The molecule has 6 heteroatoms. The van der Waals surface area contributed by atoms with Gasteiger partial charge in [0.25, 0.3) is 0 Å². The second-order valence-electron chi connectivity index (χ2n) is 6.45. The van der Waals surface area contributed by atoms with Gasteiger partial charge in [0.05, 0.1) is 18.1 Å². The van der Waals surface area contributed by atoms with Crippen LogP contribution < -0.4 is 9.47 Å². The number of aliphatic carboxylic acids is 1.